The minimum absolute atomic E-state index is 0.00253. The molecule has 0 aromatic rings. The van der Waals surface area contributed by atoms with Gasteiger partial charge in [-0.05, 0) is 20.8 Å². The number of hydrogen-bond donors (Lipinski definition) is 1. The number of hydrogen-bond acceptors (Lipinski definition) is 5. The maximum atomic E-state index is 12.0. The van der Waals surface area contributed by atoms with Crippen LogP contribution in [0.2, 0.25) is 0 Å². The smallest absolute Gasteiger partial charge is 0.410 e. The minimum atomic E-state index is -1.20. The fraction of sp³-hybridized carbons (Fsp3) is 0.643. The second-order valence-corrected chi connectivity index (χ2v) is 5.84. The molecule has 1 heterocycles. The number of carboxylic acid groups (broad SMARTS) is 1. The maximum Gasteiger partial charge on any atom is 0.410 e. The molecular weight excluding hydrogens is 292 g/mol. The third-order valence-corrected chi connectivity index (χ3v) is 2.88. The van der Waals surface area contributed by atoms with Gasteiger partial charge in [-0.3, -0.25) is 4.90 Å². The Balaban J connectivity index is 2.74. The molecular formula is C14H22N2O6. The molecule has 0 spiro atoms. The minimum Gasteiger partial charge on any atom is -0.480 e. The molecule has 124 valence electrons. The summed E-state index contributed by atoms with van der Waals surface area (Å²) in [6.45, 7) is 8.69. The van der Waals surface area contributed by atoms with Crippen molar-refractivity contribution in [2.24, 2.45) is 0 Å². The van der Waals surface area contributed by atoms with Gasteiger partial charge in [-0.1, -0.05) is 12.7 Å². The lowest BCUT2D eigenvalue weighted by atomic mass is 10.2. The SMILES string of the molecule is C=CCOC(=O)N1CCN(C(=O)OC(C)(C)C)CC1C(=O)O. The van der Waals surface area contributed by atoms with Crippen LogP contribution in [-0.4, -0.2) is 70.9 Å². The molecule has 1 unspecified atom stereocenters. The summed E-state index contributed by atoms with van der Waals surface area (Å²) in [5, 5.41) is 9.27. The zero-order chi connectivity index (χ0) is 16.9. The van der Waals surface area contributed by atoms with Crippen molar-refractivity contribution in [3.8, 4) is 0 Å². The Morgan fingerprint density at radius 2 is 1.91 bits per heavy atom. The third-order valence-electron chi connectivity index (χ3n) is 2.88. The Labute approximate surface area is 129 Å². The van der Waals surface area contributed by atoms with Gasteiger partial charge in [0.25, 0.3) is 0 Å². The molecule has 1 aliphatic rings. The molecule has 1 fully saturated rings. The first-order chi connectivity index (χ1) is 10.2. The topological polar surface area (TPSA) is 96.4 Å². The van der Waals surface area contributed by atoms with Crippen LogP contribution in [0.3, 0.4) is 0 Å². The first-order valence-electron chi connectivity index (χ1n) is 6.90. The number of ether oxygens (including phenoxy) is 2. The number of amides is 2. The van der Waals surface area contributed by atoms with Gasteiger partial charge in [-0.15, -0.1) is 0 Å². The second-order valence-electron chi connectivity index (χ2n) is 5.84. The fourth-order valence-corrected chi connectivity index (χ4v) is 1.92. The van der Waals surface area contributed by atoms with E-state index >= 15 is 0 Å². The zero-order valence-electron chi connectivity index (χ0n) is 13.1. The molecule has 0 aliphatic carbocycles. The molecule has 2 amide bonds. The van der Waals surface area contributed by atoms with E-state index in [1.54, 1.807) is 20.8 Å². The third kappa shape index (κ3) is 4.94. The molecule has 1 saturated heterocycles. The van der Waals surface area contributed by atoms with E-state index < -0.39 is 29.8 Å². The van der Waals surface area contributed by atoms with Crippen LogP contribution in [0.4, 0.5) is 9.59 Å². The summed E-state index contributed by atoms with van der Waals surface area (Å²) in [6.07, 6.45) is 0.0546. The second kappa shape index (κ2) is 7.15. The zero-order valence-corrected chi connectivity index (χ0v) is 13.1. The molecule has 8 nitrogen and oxygen atoms in total. The molecule has 0 saturated carbocycles. The highest BCUT2D eigenvalue weighted by Crippen LogP contribution is 2.16. The van der Waals surface area contributed by atoms with Crippen LogP contribution in [0.15, 0.2) is 12.7 Å². The summed E-state index contributed by atoms with van der Waals surface area (Å²) in [5.41, 5.74) is -0.671. The van der Waals surface area contributed by atoms with Gasteiger partial charge in [0, 0.05) is 13.1 Å². The predicted octanol–water partition coefficient (Wildman–Crippen LogP) is 1.31. The number of carbonyl (C=O) groups is 3. The summed E-state index contributed by atoms with van der Waals surface area (Å²) in [5.74, 6) is -1.20. The Morgan fingerprint density at radius 3 is 2.41 bits per heavy atom. The number of rotatable bonds is 3. The van der Waals surface area contributed by atoms with Gasteiger partial charge in [0.2, 0.25) is 0 Å². The van der Waals surface area contributed by atoms with Crippen molar-refractivity contribution in [3.05, 3.63) is 12.7 Å². The number of nitrogens with zero attached hydrogens (tertiary/aromatic N) is 2. The lowest BCUT2D eigenvalue weighted by molar-refractivity contribution is -0.144. The first kappa shape index (κ1) is 17.8. The van der Waals surface area contributed by atoms with E-state index in [2.05, 4.69) is 6.58 Å². The van der Waals surface area contributed by atoms with Crippen molar-refractivity contribution >= 4 is 18.2 Å². The quantitative estimate of drug-likeness (QED) is 0.789. The predicted molar refractivity (Wildman–Crippen MR) is 77.5 cm³/mol. The lowest BCUT2D eigenvalue weighted by Gasteiger charge is -2.38. The Morgan fingerprint density at radius 1 is 1.27 bits per heavy atom. The number of carbonyl (C=O) groups excluding carboxylic acids is 2. The van der Waals surface area contributed by atoms with Crippen LogP contribution in [0.25, 0.3) is 0 Å². The first-order valence-corrected chi connectivity index (χ1v) is 6.90. The molecule has 0 aromatic heterocycles. The van der Waals surface area contributed by atoms with Crippen LogP contribution in [-0.2, 0) is 14.3 Å². The summed E-state index contributed by atoms with van der Waals surface area (Å²) in [6, 6.07) is -1.17. The average molecular weight is 314 g/mol. The summed E-state index contributed by atoms with van der Waals surface area (Å²) < 4.78 is 10.1. The van der Waals surface area contributed by atoms with Gasteiger partial charge < -0.3 is 19.5 Å². The fourth-order valence-electron chi connectivity index (χ4n) is 1.92. The van der Waals surface area contributed by atoms with E-state index in [1.165, 1.54) is 11.0 Å². The summed E-state index contributed by atoms with van der Waals surface area (Å²) in [4.78, 5) is 37.5. The standard InChI is InChI=1S/C14H22N2O6/c1-5-8-21-13(20)16-7-6-15(9-10(16)11(17)18)12(19)22-14(2,3)4/h5,10H,1,6-9H2,2-4H3,(H,17,18). The van der Waals surface area contributed by atoms with Gasteiger partial charge >= 0.3 is 18.2 Å². The van der Waals surface area contributed by atoms with Gasteiger partial charge in [0.1, 0.15) is 12.2 Å². The van der Waals surface area contributed by atoms with Crippen molar-refractivity contribution in [2.45, 2.75) is 32.4 Å². The lowest BCUT2D eigenvalue weighted by Crippen LogP contribution is -2.60. The van der Waals surface area contributed by atoms with Gasteiger partial charge in [0.15, 0.2) is 6.04 Å². The number of aliphatic carboxylic acids is 1. The number of carboxylic acids is 1. The van der Waals surface area contributed by atoms with Crippen LogP contribution in [0.1, 0.15) is 20.8 Å². The average Bonchev–Trinajstić information content (AvgIpc) is 2.42. The van der Waals surface area contributed by atoms with E-state index in [1.807, 2.05) is 0 Å². The molecule has 0 aromatic carbocycles. The van der Waals surface area contributed by atoms with E-state index in [-0.39, 0.29) is 26.2 Å². The van der Waals surface area contributed by atoms with Crippen LogP contribution < -0.4 is 0 Å². The highest BCUT2D eigenvalue weighted by atomic mass is 16.6. The van der Waals surface area contributed by atoms with E-state index in [0.717, 1.165) is 4.90 Å². The molecule has 1 atom stereocenters. The highest BCUT2D eigenvalue weighted by molar-refractivity contribution is 5.81. The van der Waals surface area contributed by atoms with Gasteiger partial charge in [0.05, 0.1) is 6.54 Å². The number of piperazine rings is 1. The van der Waals surface area contributed by atoms with E-state index in [4.69, 9.17) is 9.47 Å². The van der Waals surface area contributed by atoms with Crippen LogP contribution in [0, 0.1) is 0 Å². The normalized spacial score (nSPS) is 18.6. The molecule has 1 N–H and O–H groups in total. The molecule has 1 rings (SSSR count). The maximum absolute atomic E-state index is 12.0. The summed E-state index contributed by atoms with van der Waals surface area (Å²) >= 11 is 0. The van der Waals surface area contributed by atoms with Crippen molar-refractivity contribution in [1.82, 2.24) is 9.80 Å². The molecule has 0 radical (unpaired) electrons. The summed E-state index contributed by atoms with van der Waals surface area (Å²) in [7, 11) is 0. The van der Waals surface area contributed by atoms with Crippen LogP contribution >= 0.6 is 0 Å². The van der Waals surface area contributed by atoms with Crippen molar-refractivity contribution in [1.29, 1.82) is 0 Å². The largest absolute Gasteiger partial charge is 0.480 e. The van der Waals surface area contributed by atoms with Crippen LogP contribution in [0.5, 0.6) is 0 Å². The molecule has 0 bridgehead atoms. The Hall–Kier alpha value is -2.25. The van der Waals surface area contributed by atoms with E-state index in [0.29, 0.717) is 0 Å². The van der Waals surface area contributed by atoms with E-state index in [9.17, 15) is 19.5 Å². The van der Waals surface area contributed by atoms with Crippen molar-refractivity contribution in [3.63, 3.8) is 0 Å². The Bertz CT molecular complexity index is 457. The monoisotopic (exact) mass is 314 g/mol. The van der Waals surface area contributed by atoms with Gasteiger partial charge in [-0.25, -0.2) is 14.4 Å². The Kier molecular flexibility index (Phi) is 5.78. The van der Waals surface area contributed by atoms with Gasteiger partial charge in [-0.2, -0.15) is 0 Å². The van der Waals surface area contributed by atoms with Crippen molar-refractivity contribution in [2.75, 3.05) is 26.2 Å². The van der Waals surface area contributed by atoms with Crippen molar-refractivity contribution < 1.29 is 29.0 Å². The highest BCUT2D eigenvalue weighted by Gasteiger charge is 2.38. The molecule has 1 aliphatic heterocycles. The molecule has 8 heteroatoms. The molecule has 22 heavy (non-hydrogen) atoms.